The molecule has 0 bridgehead atoms. The predicted molar refractivity (Wildman–Crippen MR) is 74.7 cm³/mol. The summed E-state index contributed by atoms with van der Waals surface area (Å²) < 4.78 is 0. The van der Waals surface area contributed by atoms with Crippen molar-refractivity contribution >= 4 is 17.7 Å². The minimum atomic E-state index is -0.996. The van der Waals surface area contributed by atoms with Gasteiger partial charge in [-0.1, -0.05) is 13.0 Å². The van der Waals surface area contributed by atoms with Gasteiger partial charge in [0.2, 0.25) is 0 Å². The first-order valence-corrected chi connectivity index (χ1v) is 6.25. The van der Waals surface area contributed by atoms with Gasteiger partial charge in [-0.25, -0.2) is 9.59 Å². The Bertz CT molecular complexity index is 486. The van der Waals surface area contributed by atoms with Crippen LogP contribution in [0.5, 0.6) is 0 Å². The van der Waals surface area contributed by atoms with Crippen LogP contribution in [-0.2, 0) is 0 Å². The number of hydrogen-bond donors (Lipinski definition) is 2. The van der Waals surface area contributed by atoms with Crippen LogP contribution in [0.1, 0.15) is 36.2 Å². The molecule has 0 fully saturated rings. The molecule has 1 aromatic rings. The lowest BCUT2D eigenvalue weighted by Crippen LogP contribution is -2.38. The first-order chi connectivity index (χ1) is 8.88. The van der Waals surface area contributed by atoms with Gasteiger partial charge >= 0.3 is 12.0 Å². The van der Waals surface area contributed by atoms with Crippen molar-refractivity contribution in [3.63, 3.8) is 0 Å². The van der Waals surface area contributed by atoms with Crippen LogP contribution in [0.2, 0.25) is 0 Å². The fraction of sp³-hybridized carbons (Fsp3) is 0.429. The number of amides is 2. The molecule has 0 aromatic heterocycles. The summed E-state index contributed by atoms with van der Waals surface area (Å²) >= 11 is 0. The van der Waals surface area contributed by atoms with Crippen LogP contribution in [0.3, 0.4) is 0 Å². The number of hydrogen-bond acceptors (Lipinski definition) is 2. The normalized spacial score (nSPS) is 11.8. The van der Waals surface area contributed by atoms with Gasteiger partial charge in [-0.05, 0) is 38.0 Å². The molecule has 1 unspecified atom stereocenters. The number of anilines is 1. The van der Waals surface area contributed by atoms with Crippen molar-refractivity contribution in [3.8, 4) is 0 Å². The van der Waals surface area contributed by atoms with Crippen LogP contribution in [0.25, 0.3) is 0 Å². The minimum Gasteiger partial charge on any atom is -0.478 e. The van der Waals surface area contributed by atoms with E-state index in [2.05, 4.69) is 5.32 Å². The molecule has 5 heteroatoms. The van der Waals surface area contributed by atoms with Crippen molar-refractivity contribution in [2.24, 2.45) is 0 Å². The maximum Gasteiger partial charge on any atom is 0.336 e. The van der Waals surface area contributed by atoms with E-state index in [0.29, 0.717) is 11.3 Å². The second-order valence-electron chi connectivity index (χ2n) is 4.58. The number of nitrogens with one attached hydrogen (secondary N) is 1. The summed E-state index contributed by atoms with van der Waals surface area (Å²) in [6.07, 6.45) is 0.859. The highest BCUT2D eigenvalue weighted by atomic mass is 16.4. The summed E-state index contributed by atoms with van der Waals surface area (Å²) in [7, 11) is 1.72. The summed E-state index contributed by atoms with van der Waals surface area (Å²) in [5.41, 5.74) is 1.28. The minimum absolute atomic E-state index is 0.128. The van der Waals surface area contributed by atoms with E-state index in [1.54, 1.807) is 31.0 Å². The predicted octanol–water partition coefficient (Wildman–Crippen LogP) is 2.96. The third-order valence-corrected chi connectivity index (χ3v) is 3.38. The number of carboxylic acids is 1. The zero-order valence-corrected chi connectivity index (χ0v) is 11.7. The quantitative estimate of drug-likeness (QED) is 0.878. The number of rotatable bonds is 4. The number of aromatic carboxylic acids is 1. The van der Waals surface area contributed by atoms with Gasteiger partial charge in [0, 0.05) is 18.8 Å². The molecule has 0 saturated heterocycles. The molecule has 0 spiro atoms. The van der Waals surface area contributed by atoms with Crippen molar-refractivity contribution in [2.75, 3.05) is 12.4 Å². The number of carbonyl (C=O) groups excluding carboxylic acids is 1. The van der Waals surface area contributed by atoms with Crippen molar-refractivity contribution in [1.29, 1.82) is 0 Å². The highest BCUT2D eigenvalue weighted by molar-refractivity contribution is 5.95. The standard InChI is InChI=1S/C14H20N2O3/c1-5-9(2)16(4)14(19)15-12-8-6-7-11(10(12)3)13(17)18/h6-9H,5H2,1-4H3,(H,15,19)(H,17,18). The Morgan fingerprint density at radius 2 is 2.05 bits per heavy atom. The van der Waals surface area contributed by atoms with Crippen LogP contribution in [0, 0.1) is 6.92 Å². The molecule has 2 amide bonds. The van der Waals surface area contributed by atoms with Crippen LogP contribution >= 0.6 is 0 Å². The molecule has 1 rings (SSSR count). The maximum absolute atomic E-state index is 12.0. The maximum atomic E-state index is 12.0. The monoisotopic (exact) mass is 264 g/mol. The molecule has 0 radical (unpaired) electrons. The first kappa shape index (κ1) is 15.0. The van der Waals surface area contributed by atoms with Crippen LogP contribution in [0.4, 0.5) is 10.5 Å². The Balaban J connectivity index is 2.92. The first-order valence-electron chi connectivity index (χ1n) is 6.25. The lowest BCUT2D eigenvalue weighted by atomic mass is 10.1. The Morgan fingerprint density at radius 1 is 1.42 bits per heavy atom. The van der Waals surface area contributed by atoms with E-state index >= 15 is 0 Å². The van der Waals surface area contributed by atoms with Gasteiger partial charge in [0.15, 0.2) is 0 Å². The van der Waals surface area contributed by atoms with Gasteiger partial charge in [0.1, 0.15) is 0 Å². The Labute approximate surface area is 113 Å². The largest absolute Gasteiger partial charge is 0.478 e. The lowest BCUT2D eigenvalue weighted by molar-refractivity contribution is 0.0696. The molecule has 2 N–H and O–H groups in total. The molecule has 0 saturated carbocycles. The summed E-state index contributed by atoms with van der Waals surface area (Å²) in [6, 6.07) is 4.73. The van der Waals surface area contributed by atoms with Crippen molar-refractivity contribution in [2.45, 2.75) is 33.2 Å². The molecule has 0 aliphatic carbocycles. The highest BCUT2D eigenvalue weighted by Crippen LogP contribution is 2.19. The third-order valence-electron chi connectivity index (χ3n) is 3.38. The summed E-state index contributed by atoms with van der Waals surface area (Å²) in [6.45, 7) is 5.65. The third kappa shape index (κ3) is 3.47. The molecule has 104 valence electrons. The zero-order chi connectivity index (χ0) is 14.6. The molecule has 0 heterocycles. The number of carbonyl (C=O) groups is 2. The molecule has 1 atom stereocenters. The average molecular weight is 264 g/mol. The second-order valence-corrected chi connectivity index (χ2v) is 4.58. The Morgan fingerprint density at radius 3 is 2.58 bits per heavy atom. The molecule has 19 heavy (non-hydrogen) atoms. The van der Waals surface area contributed by atoms with E-state index in [1.807, 2.05) is 13.8 Å². The molecule has 5 nitrogen and oxygen atoms in total. The number of nitrogens with zero attached hydrogens (tertiary/aromatic N) is 1. The van der Waals surface area contributed by atoms with E-state index in [0.717, 1.165) is 6.42 Å². The van der Waals surface area contributed by atoms with Crippen LogP contribution in [0.15, 0.2) is 18.2 Å². The highest BCUT2D eigenvalue weighted by Gasteiger charge is 2.16. The topological polar surface area (TPSA) is 69.6 Å². The van der Waals surface area contributed by atoms with E-state index in [4.69, 9.17) is 5.11 Å². The van der Waals surface area contributed by atoms with E-state index < -0.39 is 5.97 Å². The van der Waals surface area contributed by atoms with Gasteiger partial charge < -0.3 is 15.3 Å². The van der Waals surface area contributed by atoms with E-state index in [-0.39, 0.29) is 17.6 Å². The van der Waals surface area contributed by atoms with Crippen LogP contribution < -0.4 is 5.32 Å². The van der Waals surface area contributed by atoms with Crippen molar-refractivity contribution < 1.29 is 14.7 Å². The Hall–Kier alpha value is -2.04. The van der Waals surface area contributed by atoms with Gasteiger partial charge in [-0.15, -0.1) is 0 Å². The lowest BCUT2D eigenvalue weighted by Gasteiger charge is -2.24. The van der Waals surface area contributed by atoms with Gasteiger partial charge in [0.05, 0.1) is 5.56 Å². The fourth-order valence-electron chi connectivity index (χ4n) is 1.68. The molecule has 0 aliphatic rings. The summed E-state index contributed by atoms with van der Waals surface area (Å²) in [5.74, 6) is -0.996. The van der Waals surface area contributed by atoms with Crippen molar-refractivity contribution in [1.82, 2.24) is 4.90 Å². The summed E-state index contributed by atoms with van der Waals surface area (Å²) in [5, 5.41) is 11.8. The smallest absolute Gasteiger partial charge is 0.336 e. The van der Waals surface area contributed by atoms with Gasteiger partial charge in [-0.2, -0.15) is 0 Å². The van der Waals surface area contributed by atoms with Crippen LogP contribution in [-0.4, -0.2) is 35.1 Å². The number of urea groups is 1. The summed E-state index contributed by atoms with van der Waals surface area (Å²) in [4.78, 5) is 24.6. The van der Waals surface area contributed by atoms with Gasteiger partial charge in [-0.3, -0.25) is 0 Å². The average Bonchev–Trinajstić information content (AvgIpc) is 2.38. The van der Waals surface area contributed by atoms with E-state index in [1.165, 1.54) is 6.07 Å². The number of carboxylic acid groups (broad SMARTS) is 1. The fourth-order valence-corrected chi connectivity index (χ4v) is 1.68. The molecular formula is C14H20N2O3. The van der Waals surface area contributed by atoms with Gasteiger partial charge in [0.25, 0.3) is 0 Å². The molecule has 1 aromatic carbocycles. The molecular weight excluding hydrogens is 244 g/mol. The van der Waals surface area contributed by atoms with E-state index in [9.17, 15) is 9.59 Å². The SMILES string of the molecule is CCC(C)N(C)C(=O)Nc1cccc(C(=O)O)c1C. The van der Waals surface area contributed by atoms with Crippen molar-refractivity contribution in [3.05, 3.63) is 29.3 Å². The Kier molecular flexibility index (Phi) is 4.92. The zero-order valence-electron chi connectivity index (χ0n) is 11.7. The second kappa shape index (κ2) is 6.22. The molecule has 0 aliphatic heterocycles. The number of benzene rings is 1.